The maximum atomic E-state index is 13.2. The molecule has 144 valence electrons. The minimum absolute atomic E-state index is 0.434. The summed E-state index contributed by atoms with van der Waals surface area (Å²) < 4.78 is 6.78. The topological polar surface area (TPSA) is 52.1 Å². The number of pyridine rings is 2. The number of hydrogen-bond acceptors (Lipinski definition) is 4. The van der Waals surface area contributed by atoms with Gasteiger partial charge in [-0.25, -0.2) is 9.78 Å². The SMILES string of the molecule is O=C(Oc1cccc2cccnc12)c1cc(-c2ccc(Br)cc2)nc2ccccc12. The lowest BCUT2D eigenvalue weighted by molar-refractivity contribution is 0.0739. The fraction of sp³-hybridized carbons (Fsp3) is 0. The Bertz CT molecular complexity index is 1390. The van der Waals surface area contributed by atoms with Crippen molar-refractivity contribution in [3.05, 3.63) is 101 Å². The van der Waals surface area contributed by atoms with Crippen LogP contribution in [-0.4, -0.2) is 15.9 Å². The molecule has 2 heterocycles. The Morgan fingerprint density at radius 3 is 2.53 bits per heavy atom. The third-order valence-corrected chi connectivity index (χ3v) is 5.40. The Kier molecular flexibility index (Phi) is 4.73. The summed E-state index contributed by atoms with van der Waals surface area (Å²) in [5.41, 5.74) is 3.49. The van der Waals surface area contributed by atoms with Crippen molar-refractivity contribution < 1.29 is 9.53 Å². The van der Waals surface area contributed by atoms with Gasteiger partial charge in [0.1, 0.15) is 5.52 Å². The van der Waals surface area contributed by atoms with Crippen LogP contribution >= 0.6 is 15.9 Å². The molecule has 0 aliphatic heterocycles. The number of para-hydroxylation sites is 2. The lowest BCUT2D eigenvalue weighted by Gasteiger charge is -2.11. The van der Waals surface area contributed by atoms with Gasteiger partial charge in [0.05, 0.1) is 16.8 Å². The van der Waals surface area contributed by atoms with E-state index >= 15 is 0 Å². The van der Waals surface area contributed by atoms with Crippen molar-refractivity contribution >= 4 is 43.7 Å². The highest BCUT2D eigenvalue weighted by Gasteiger charge is 2.17. The number of carbonyl (C=O) groups is 1. The molecule has 5 aromatic rings. The predicted octanol–water partition coefficient (Wildman–Crippen LogP) is 6.43. The average molecular weight is 455 g/mol. The van der Waals surface area contributed by atoms with Crippen LogP contribution < -0.4 is 4.74 Å². The summed E-state index contributed by atoms with van der Waals surface area (Å²) in [6, 6.07) is 26.5. The number of esters is 1. The van der Waals surface area contributed by atoms with Crippen molar-refractivity contribution in [1.29, 1.82) is 0 Å². The van der Waals surface area contributed by atoms with Gasteiger partial charge in [-0.05, 0) is 36.4 Å². The number of halogens is 1. The van der Waals surface area contributed by atoms with Crippen LogP contribution in [0.25, 0.3) is 33.1 Å². The first-order chi connectivity index (χ1) is 14.7. The number of fused-ring (bicyclic) bond motifs is 2. The van der Waals surface area contributed by atoms with E-state index in [1.165, 1.54) is 0 Å². The monoisotopic (exact) mass is 454 g/mol. The normalized spacial score (nSPS) is 11.0. The van der Waals surface area contributed by atoms with Crippen LogP contribution in [0.5, 0.6) is 5.75 Å². The molecule has 4 nitrogen and oxygen atoms in total. The molecule has 0 saturated heterocycles. The van der Waals surface area contributed by atoms with E-state index in [4.69, 9.17) is 9.72 Å². The standard InChI is InChI=1S/C25H15BrN2O2/c26-18-12-10-16(11-13-18)22-15-20(19-7-1-2-8-21(19)28-22)25(29)30-23-9-3-5-17-6-4-14-27-24(17)23/h1-15H. The van der Waals surface area contributed by atoms with E-state index in [2.05, 4.69) is 20.9 Å². The molecule has 30 heavy (non-hydrogen) atoms. The van der Waals surface area contributed by atoms with Gasteiger partial charge in [0, 0.05) is 27.0 Å². The molecule has 0 aliphatic rings. The van der Waals surface area contributed by atoms with Gasteiger partial charge in [-0.2, -0.15) is 0 Å². The number of rotatable bonds is 3. The summed E-state index contributed by atoms with van der Waals surface area (Å²) in [5.74, 6) is -0.00528. The first-order valence-corrected chi connectivity index (χ1v) is 10.2. The second-order valence-electron chi connectivity index (χ2n) is 6.80. The van der Waals surface area contributed by atoms with Crippen LogP contribution in [0.1, 0.15) is 10.4 Å². The minimum Gasteiger partial charge on any atom is -0.421 e. The predicted molar refractivity (Wildman–Crippen MR) is 122 cm³/mol. The van der Waals surface area contributed by atoms with Crippen LogP contribution in [0.4, 0.5) is 0 Å². The third-order valence-electron chi connectivity index (χ3n) is 4.87. The molecule has 2 aromatic heterocycles. The molecular formula is C25H15BrN2O2. The average Bonchev–Trinajstić information content (AvgIpc) is 2.79. The van der Waals surface area contributed by atoms with Gasteiger partial charge < -0.3 is 4.74 Å². The van der Waals surface area contributed by atoms with Crippen LogP contribution in [-0.2, 0) is 0 Å². The first-order valence-electron chi connectivity index (χ1n) is 9.41. The van der Waals surface area contributed by atoms with Crippen molar-refractivity contribution in [3.8, 4) is 17.0 Å². The third kappa shape index (κ3) is 3.44. The lowest BCUT2D eigenvalue weighted by Crippen LogP contribution is -2.10. The Morgan fingerprint density at radius 2 is 1.67 bits per heavy atom. The van der Waals surface area contributed by atoms with Crippen LogP contribution in [0, 0.1) is 0 Å². The fourth-order valence-electron chi connectivity index (χ4n) is 3.43. The van der Waals surface area contributed by atoms with Gasteiger partial charge in [0.15, 0.2) is 5.75 Å². The molecule has 0 radical (unpaired) electrons. The van der Waals surface area contributed by atoms with Gasteiger partial charge in [-0.15, -0.1) is 0 Å². The molecule has 0 amide bonds. The van der Waals surface area contributed by atoms with Crippen LogP contribution in [0.3, 0.4) is 0 Å². The van der Waals surface area contributed by atoms with E-state index in [0.29, 0.717) is 22.5 Å². The van der Waals surface area contributed by atoms with Crippen LogP contribution in [0.15, 0.2) is 95.6 Å². The molecule has 0 unspecified atom stereocenters. The zero-order chi connectivity index (χ0) is 20.5. The summed E-state index contributed by atoms with van der Waals surface area (Å²) in [6.07, 6.45) is 1.69. The van der Waals surface area contributed by atoms with E-state index in [0.717, 1.165) is 26.3 Å². The lowest BCUT2D eigenvalue weighted by atomic mass is 10.0. The highest BCUT2D eigenvalue weighted by Crippen LogP contribution is 2.28. The maximum Gasteiger partial charge on any atom is 0.344 e. The zero-order valence-corrected chi connectivity index (χ0v) is 17.3. The molecule has 0 aliphatic carbocycles. The second kappa shape index (κ2) is 7.69. The summed E-state index contributed by atoms with van der Waals surface area (Å²) in [6.45, 7) is 0. The number of carbonyl (C=O) groups excluding carboxylic acids is 1. The van der Waals surface area contributed by atoms with E-state index in [9.17, 15) is 4.79 Å². The van der Waals surface area contributed by atoms with Gasteiger partial charge in [-0.3, -0.25) is 4.98 Å². The van der Waals surface area contributed by atoms with E-state index in [-0.39, 0.29) is 0 Å². The molecule has 0 bridgehead atoms. The van der Waals surface area contributed by atoms with Gasteiger partial charge >= 0.3 is 5.97 Å². The van der Waals surface area contributed by atoms with Crippen molar-refractivity contribution in [2.24, 2.45) is 0 Å². The first kappa shape index (κ1) is 18.5. The molecule has 3 aromatic carbocycles. The summed E-state index contributed by atoms with van der Waals surface area (Å²) in [7, 11) is 0. The molecule has 5 heteroatoms. The van der Waals surface area contributed by atoms with E-state index < -0.39 is 5.97 Å². The Morgan fingerprint density at radius 1 is 0.867 bits per heavy atom. The number of hydrogen-bond donors (Lipinski definition) is 0. The summed E-state index contributed by atoms with van der Waals surface area (Å²) in [4.78, 5) is 22.3. The van der Waals surface area contributed by atoms with Crippen molar-refractivity contribution in [2.75, 3.05) is 0 Å². The Balaban J connectivity index is 1.62. The fourth-order valence-corrected chi connectivity index (χ4v) is 3.69. The van der Waals surface area contributed by atoms with E-state index in [1.54, 1.807) is 18.3 Å². The summed E-state index contributed by atoms with van der Waals surface area (Å²) >= 11 is 3.45. The minimum atomic E-state index is -0.440. The number of aromatic nitrogens is 2. The zero-order valence-electron chi connectivity index (χ0n) is 15.7. The molecule has 0 saturated carbocycles. The Labute approximate surface area is 181 Å². The smallest absolute Gasteiger partial charge is 0.344 e. The van der Waals surface area contributed by atoms with Gasteiger partial charge in [-0.1, -0.05) is 64.5 Å². The highest BCUT2D eigenvalue weighted by atomic mass is 79.9. The molecule has 0 fully saturated rings. The molecule has 0 atom stereocenters. The molecule has 5 rings (SSSR count). The highest BCUT2D eigenvalue weighted by molar-refractivity contribution is 9.10. The van der Waals surface area contributed by atoms with Crippen molar-refractivity contribution in [2.45, 2.75) is 0 Å². The van der Waals surface area contributed by atoms with Gasteiger partial charge in [0.25, 0.3) is 0 Å². The van der Waals surface area contributed by atoms with E-state index in [1.807, 2.05) is 72.8 Å². The molecule has 0 N–H and O–H groups in total. The molecule has 0 spiro atoms. The Hall–Kier alpha value is -3.57. The maximum absolute atomic E-state index is 13.2. The number of nitrogens with zero attached hydrogens (tertiary/aromatic N) is 2. The van der Waals surface area contributed by atoms with Gasteiger partial charge in [0.2, 0.25) is 0 Å². The largest absolute Gasteiger partial charge is 0.421 e. The summed E-state index contributed by atoms with van der Waals surface area (Å²) in [5, 5.41) is 1.66. The van der Waals surface area contributed by atoms with Crippen molar-refractivity contribution in [3.63, 3.8) is 0 Å². The second-order valence-corrected chi connectivity index (χ2v) is 7.72. The van der Waals surface area contributed by atoms with Crippen molar-refractivity contribution in [1.82, 2.24) is 9.97 Å². The number of ether oxygens (including phenoxy) is 1. The number of benzene rings is 3. The van der Waals surface area contributed by atoms with Crippen LogP contribution in [0.2, 0.25) is 0 Å². The molecular weight excluding hydrogens is 440 g/mol. The quantitative estimate of drug-likeness (QED) is 0.232.